The zero-order valence-electron chi connectivity index (χ0n) is 7.24. The molecule has 78 valence electrons. The maximum atomic E-state index is 10.8. The van der Waals surface area contributed by atoms with Crippen molar-refractivity contribution < 1.29 is 19.7 Å². The van der Waals surface area contributed by atoms with Crippen molar-refractivity contribution in [1.29, 1.82) is 0 Å². The van der Waals surface area contributed by atoms with Gasteiger partial charge in [0, 0.05) is 14.1 Å². The molecule has 0 radical (unpaired) electrons. The Kier molecular flexibility index (Phi) is 3.45. The molecule has 0 N–H and O–H groups in total. The van der Waals surface area contributed by atoms with Gasteiger partial charge in [-0.3, -0.25) is 4.79 Å². The normalized spacial score (nSPS) is 9.00. The van der Waals surface area contributed by atoms with Crippen LogP contribution in [0.3, 0.4) is 0 Å². The van der Waals surface area contributed by atoms with E-state index in [1.165, 1.54) is 0 Å². The van der Waals surface area contributed by atoms with E-state index in [1.54, 1.807) is 0 Å². The topological polar surface area (TPSA) is 127 Å². The summed E-state index contributed by atoms with van der Waals surface area (Å²) < 4.78 is 0. The van der Waals surface area contributed by atoms with E-state index in [1.807, 2.05) is 0 Å². The highest BCUT2D eigenvalue weighted by atomic mass is 16.8. The minimum absolute atomic E-state index is 0.697. The molecule has 0 heterocycles. The van der Waals surface area contributed by atoms with Crippen LogP contribution in [0.2, 0.25) is 0 Å². The Morgan fingerprint density at radius 2 is 1.36 bits per heavy atom. The standard InChI is InChI=1S/C4H6N4O6/c1-5(2)3(9)4(10)6(7(11)12)8(13)14/h1-2H3. The maximum absolute atomic E-state index is 10.8. The minimum Gasteiger partial charge on any atom is -0.340 e. The maximum Gasteiger partial charge on any atom is 0.445 e. The monoisotopic (exact) mass is 206 g/mol. The van der Waals surface area contributed by atoms with Crippen LogP contribution in [0.1, 0.15) is 0 Å². The van der Waals surface area contributed by atoms with E-state index in [9.17, 15) is 29.8 Å². The zero-order valence-corrected chi connectivity index (χ0v) is 7.24. The second-order valence-corrected chi connectivity index (χ2v) is 2.27. The van der Waals surface area contributed by atoms with Gasteiger partial charge >= 0.3 is 11.8 Å². The molecular weight excluding hydrogens is 200 g/mol. The van der Waals surface area contributed by atoms with Gasteiger partial charge in [0.05, 0.1) is 0 Å². The van der Waals surface area contributed by atoms with Crippen molar-refractivity contribution in [2.75, 3.05) is 14.1 Å². The summed E-state index contributed by atoms with van der Waals surface area (Å²) in [5.74, 6) is -3.18. The number of rotatable bonds is 2. The molecule has 14 heavy (non-hydrogen) atoms. The SMILES string of the molecule is CN(C)C(=O)C(=O)N([N+](=O)[O-])[N+](=O)[O-]. The van der Waals surface area contributed by atoms with Crippen molar-refractivity contribution in [3.8, 4) is 0 Å². The highest BCUT2D eigenvalue weighted by Crippen LogP contribution is 1.93. The van der Waals surface area contributed by atoms with E-state index in [-0.39, 0.29) is 0 Å². The molecule has 0 unspecified atom stereocenters. The highest BCUT2D eigenvalue weighted by molar-refractivity contribution is 6.34. The van der Waals surface area contributed by atoms with Crippen LogP contribution >= 0.6 is 0 Å². The van der Waals surface area contributed by atoms with Crippen LogP contribution in [0.25, 0.3) is 0 Å². The van der Waals surface area contributed by atoms with Crippen molar-refractivity contribution in [1.82, 2.24) is 10.0 Å². The third-order valence-electron chi connectivity index (χ3n) is 1.08. The van der Waals surface area contributed by atoms with Crippen LogP contribution in [0.15, 0.2) is 0 Å². The van der Waals surface area contributed by atoms with Crippen molar-refractivity contribution in [3.05, 3.63) is 20.2 Å². The summed E-state index contributed by atoms with van der Waals surface area (Å²) >= 11 is 0. The molecule has 0 aromatic rings. The minimum atomic E-state index is -1.83. The lowest BCUT2D eigenvalue weighted by Crippen LogP contribution is -2.48. The molecule has 0 aliphatic heterocycles. The largest absolute Gasteiger partial charge is 0.445 e. The number of nitro groups is 2. The fraction of sp³-hybridized carbons (Fsp3) is 0.500. The van der Waals surface area contributed by atoms with Crippen molar-refractivity contribution in [3.63, 3.8) is 0 Å². The molecule has 0 aromatic heterocycles. The average Bonchev–Trinajstić information content (AvgIpc) is 2.01. The van der Waals surface area contributed by atoms with Crippen molar-refractivity contribution in [2.45, 2.75) is 0 Å². The van der Waals surface area contributed by atoms with E-state index >= 15 is 0 Å². The molecule has 0 aliphatic rings. The molecule has 0 rings (SSSR count). The summed E-state index contributed by atoms with van der Waals surface area (Å²) in [4.78, 5) is 42.4. The summed E-state index contributed by atoms with van der Waals surface area (Å²) in [7, 11) is 2.27. The number of likely N-dealkylation sites (N-methyl/N-ethyl adjacent to an activating group) is 1. The predicted molar refractivity (Wildman–Crippen MR) is 39.5 cm³/mol. The Morgan fingerprint density at radius 3 is 1.57 bits per heavy atom. The number of hydrazine groups is 2. The zero-order chi connectivity index (χ0) is 11.5. The Bertz CT molecular complexity index is 284. The average molecular weight is 206 g/mol. The molecule has 2 amide bonds. The van der Waals surface area contributed by atoms with E-state index in [4.69, 9.17) is 0 Å². The number of carbonyl (C=O) groups is 2. The van der Waals surface area contributed by atoms with Gasteiger partial charge < -0.3 is 4.90 Å². The smallest absolute Gasteiger partial charge is 0.340 e. The van der Waals surface area contributed by atoms with Gasteiger partial charge in [0.15, 0.2) is 0 Å². The van der Waals surface area contributed by atoms with Gasteiger partial charge in [-0.2, -0.15) is 0 Å². The van der Waals surface area contributed by atoms with E-state index in [0.717, 1.165) is 14.1 Å². The fourth-order valence-corrected chi connectivity index (χ4v) is 0.485. The fourth-order valence-electron chi connectivity index (χ4n) is 0.485. The van der Waals surface area contributed by atoms with Crippen LogP contribution in [-0.4, -0.2) is 46.0 Å². The molecule has 0 saturated carbocycles. The Hall–Kier alpha value is -2.26. The molecule has 0 saturated heterocycles. The van der Waals surface area contributed by atoms with Gasteiger partial charge in [-0.1, -0.05) is 0 Å². The first kappa shape index (κ1) is 11.7. The van der Waals surface area contributed by atoms with E-state index in [2.05, 4.69) is 0 Å². The summed E-state index contributed by atoms with van der Waals surface area (Å²) in [6.07, 6.45) is 0. The number of carbonyl (C=O) groups excluding carboxylic acids is 2. The third kappa shape index (κ3) is 2.36. The Morgan fingerprint density at radius 1 is 1.00 bits per heavy atom. The van der Waals surface area contributed by atoms with Gasteiger partial charge in [-0.05, 0) is 0 Å². The van der Waals surface area contributed by atoms with Gasteiger partial charge in [0.25, 0.3) is 0 Å². The molecular formula is C4H6N4O6. The first-order valence-corrected chi connectivity index (χ1v) is 3.13. The summed E-state index contributed by atoms with van der Waals surface area (Å²) in [5.41, 5.74) is 0. The predicted octanol–water partition coefficient (Wildman–Crippen LogP) is -1.71. The van der Waals surface area contributed by atoms with E-state index < -0.39 is 27.0 Å². The molecule has 0 bridgehead atoms. The first-order chi connectivity index (χ1) is 6.29. The number of nitrogens with zero attached hydrogens (tertiary/aromatic N) is 4. The quantitative estimate of drug-likeness (QED) is 0.300. The molecule has 0 aromatic carbocycles. The van der Waals surface area contributed by atoms with E-state index in [0.29, 0.717) is 4.90 Å². The molecule has 0 atom stereocenters. The van der Waals surface area contributed by atoms with Gasteiger partial charge in [-0.15, -0.1) is 0 Å². The molecule has 10 heteroatoms. The molecule has 0 fully saturated rings. The lowest BCUT2D eigenvalue weighted by Gasteiger charge is -2.07. The Balaban J connectivity index is 4.88. The van der Waals surface area contributed by atoms with Gasteiger partial charge in [0.1, 0.15) is 0 Å². The van der Waals surface area contributed by atoms with Crippen molar-refractivity contribution >= 4 is 11.8 Å². The van der Waals surface area contributed by atoms with Gasteiger partial charge in [0.2, 0.25) is 15.2 Å². The van der Waals surface area contributed by atoms with Gasteiger partial charge in [-0.25, -0.2) is 25.0 Å². The number of hydrogen-bond acceptors (Lipinski definition) is 6. The second-order valence-electron chi connectivity index (χ2n) is 2.27. The highest BCUT2D eigenvalue weighted by Gasteiger charge is 2.42. The number of hydrogen-bond donors (Lipinski definition) is 0. The second kappa shape index (κ2) is 4.11. The van der Waals surface area contributed by atoms with Crippen LogP contribution in [-0.2, 0) is 9.59 Å². The lowest BCUT2D eigenvalue weighted by atomic mass is 10.5. The molecule has 0 aliphatic carbocycles. The van der Waals surface area contributed by atoms with Crippen LogP contribution in [0.4, 0.5) is 0 Å². The third-order valence-corrected chi connectivity index (χ3v) is 1.08. The van der Waals surface area contributed by atoms with Crippen LogP contribution in [0, 0.1) is 20.2 Å². The van der Waals surface area contributed by atoms with Crippen LogP contribution < -0.4 is 0 Å². The Labute approximate surface area is 76.9 Å². The summed E-state index contributed by atoms with van der Waals surface area (Å²) in [6, 6.07) is 0. The summed E-state index contributed by atoms with van der Waals surface area (Å²) in [6.45, 7) is 0. The number of amides is 2. The molecule has 10 nitrogen and oxygen atoms in total. The lowest BCUT2D eigenvalue weighted by molar-refractivity contribution is -0.883. The van der Waals surface area contributed by atoms with Crippen LogP contribution in [0.5, 0.6) is 0 Å². The molecule has 0 spiro atoms. The van der Waals surface area contributed by atoms with Crippen molar-refractivity contribution in [2.24, 2.45) is 0 Å². The first-order valence-electron chi connectivity index (χ1n) is 3.13. The summed E-state index contributed by atoms with van der Waals surface area (Å²) in [5, 5.41) is 15.9.